The topological polar surface area (TPSA) is 0 Å². The zero-order valence-electron chi connectivity index (χ0n) is 8.81. The number of hydrogen-bond donors (Lipinski definition) is 0. The van der Waals surface area contributed by atoms with Crippen LogP contribution >= 0.6 is 11.6 Å². The Kier molecular flexibility index (Phi) is 2.69. The van der Waals surface area contributed by atoms with Gasteiger partial charge in [0.1, 0.15) is 0 Å². The molecule has 1 aliphatic rings. The Bertz CT molecular complexity index is 399. The van der Waals surface area contributed by atoms with Crippen molar-refractivity contribution in [1.82, 2.24) is 0 Å². The summed E-state index contributed by atoms with van der Waals surface area (Å²) < 4.78 is 38.4. The van der Waals surface area contributed by atoms with E-state index < -0.39 is 17.2 Å². The number of benzene rings is 1. The lowest BCUT2D eigenvalue weighted by atomic mass is 9.91. The normalized spacial score (nSPS) is 29.2. The molecule has 0 amide bonds. The molecular formula is C12H12ClF3. The molecule has 88 valence electrons. The van der Waals surface area contributed by atoms with Gasteiger partial charge < -0.3 is 0 Å². The molecule has 2 rings (SSSR count). The number of halogens is 4. The molecule has 0 saturated heterocycles. The van der Waals surface area contributed by atoms with E-state index in [1.807, 2.05) is 6.92 Å². The minimum absolute atomic E-state index is 0.165. The lowest BCUT2D eigenvalue weighted by Gasteiger charge is -2.18. The number of hydrogen-bond acceptors (Lipinski definition) is 0. The molecule has 0 aliphatic heterocycles. The minimum atomic E-state index is -4.28. The highest BCUT2D eigenvalue weighted by molar-refractivity contribution is 6.18. The number of alkyl halides is 4. The quantitative estimate of drug-likeness (QED) is 0.688. The first-order chi connectivity index (χ1) is 7.39. The fraction of sp³-hybridized carbons (Fsp3) is 0.500. The zero-order chi connectivity index (χ0) is 12.0. The van der Waals surface area contributed by atoms with Gasteiger partial charge in [0.05, 0.1) is 5.56 Å². The van der Waals surface area contributed by atoms with Gasteiger partial charge in [0.2, 0.25) is 0 Å². The van der Waals surface area contributed by atoms with Crippen molar-refractivity contribution < 1.29 is 13.2 Å². The molecule has 0 aromatic heterocycles. The first kappa shape index (κ1) is 11.8. The van der Waals surface area contributed by atoms with E-state index in [0.717, 1.165) is 12.5 Å². The van der Waals surface area contributed by atoms with Crippen LogP contribution in [0.1, 0.15) is 24.5 Å². The van der Waals surface area contributed by atoms with Gasteiger partial charge >= 0.3 is 6.18 Å². The SMILES string of the molecule is CC1(c2ccccc2C(F)(F)F)CC1CCl. The molecule has 2 atom stereocenters. The molecule has 0 heterocycles. The van der Waals surface area contributed by atoms with Crippen molar-refractivity contribution in [2.75, 3.05) is 5.88 Å². The van der Waals surface area contributed by atoms with Gasteiger partial charge in [0.15, 0.2) is 0 Å². The van der Waals surface area contributed by atoms with E-state index in [4.69, 9.17) is 11.6 Å². The van der Waals surface area contributed by atoms with Gasteiger partial charge in [-0.15, -0.1) is 11.6 Å². The monoisotopic (exact) mass is 248 g/mol. The molecule has 2 unspecified atom stereocenters. The molecule has 0 radical (unpaired) electrons. The molecule has 0 N–H and O–H groups in total. The second-order valence-corrected chi connectivity index (χ2v) is 4.82. The maximum Gasteiger partial charge on any atom is 0.416 e. The van der Waals surface area contributed by atoms with Crippen LogP contribution in [0.5, 0.6) is 0 Å². The third-order valence-corrected chi connectivity index (χ3v) is 3.82. The average molecular weight is 249 g/mol. The smallest absolute Gasteiger partial charge is 0.166 e. The Morgan fingerprint density at radius 3 is 2.50 bits per heavy atom. The lowest BCUT2D eigenvalue weighted by molar-refractivity contribution is -0.138. The van der Waals surface area contributed by atoms with Crippen LogP contribution in [0.4, 0.5) is 13.2 Å². The highest BCUT2D eigenvalue weighted by Crippen LogP contribution is 2.56. The average Bonchev–Trinajstić information content (AvgIpc) is 2.90. The highest BCUT2D eigenvalue weighted by atomic mass is 35.5. The summed E-state index contributed by atoms with van der Waals surface area (Å²) in [6.45, 7) is 1.85. The summed E-state index contributed by atoms with van der Waals surface area (Å²) in [4.78, 5) is 0. The summed E-state index contributed by atoms with van der Waals surface area (Å²) in [5.41, 5.74) is -0.535. The molecule has 16 heavy (non-hydrogen) atoms. The highest BCUT2D eigenvalue weighted by Gasteiger charge is 2.53. The minimum Gasteiger partial charge on any atom is -0.166 e. The predicted molar refractivity (Wildman–Crippen MR) is 57.6 cm³/mol. The Hall–Kier alpha value is -0.700. The zero-order valence-corrected chi connectivity index (χ0v) is 9.57. The van der Waals surface area contributed by atoms with Crippen LogP contribution in [0, 0.1) is 5.92 Å². The van der Waals surface area contributed by atoms with Crippen LogP contribution in [-0.4, -0.2) is 5.88 Å². The van der Waals surface area contributed by atoms with Crippen LogP contribution in [0.25, 0.3) is 0 Å². The summed E-state index contributed by atoms with van der Waals surface area (Å²) in [6.07, 6.45) is -3.54. The first-order valence-corrected chi connectivity index (χ1v) is 5.65. The van der Waals surface area contributed by atoms with E-state index in [0.29, 0.717) is 11.4 Å². The van der Waals surface area contributed by atoms with Crippen molar-refractivity contribution in [1.29, 1.82) is 0 Å². The first-order valence-electron chi connectivity index (χ1n) is 5.12. The maximum absolute atomic E-state index is 12.8. The Morgan fingerprint density at radius 1 is 1.38 bits per heavy atom. The molecule has 0 spiro atoms. The van der Waals surface area contributed by atoms with E-state index in [1.165, 1.54) is 6.07 Å². The van der Waals surface area contributed by atoms with Crippen LogP contribution in [0.3, 0.4) is 0 Å². The van der Waals surface area contributed by atoms with Crippen molar-refractivity contribution in [2.45, 2.75) is 24.9 Å². The molecule has 4 heteroatoms. The van der Waals surface area contributed by atoms with Crippen LogP contribution in [-0.2, 0) is 11.6 Å². The van der Waals surface area contributed by atoms with Gasteiger partial charge in [0, 0.05) is 5.88 Å². The number of rotatable bonds is 2. The second kappa shape index (κ2) is 3.66. The molecule has 1 saturated carbocycles. The standard InChI is InChI=1S/C12H12ClF3/c1-11(6-8(11)7-13)9-4-2-3-5-10(9)12(14,15)16/h2-5,8H,6-7H2,1H3. The molecule has 1 aliphatic carbocycles. The summed E-state index contributed by atoms with van der Waals surface area (Å²) in [5.74, 6) is 0.584. The van der Waals surface area contributed by atoms with E-state index in [2.05, 4.69) is 0 Å². The molecule has 1 aromatic rings. The summed E-state index contributed by atoms with van der Waals surface area (Å²) >= 11 is 5.72. The lowest BCUT2D eigenvalue weighted by Crippen LogP contribution is -2.15. The van der Waals surface area contributed by atoms with Crippen molar-refractivity contribution in [3.05, 3.63) is 35.4 Å². The molecule has 1 fully saturated rings. The van der Waals surface area contributed by atoms with Crippen LogP contribution in [0.15, 0.2) is 24.3 Å². The van der Waals surface area contributed by atoms with Crippen molar-refractivity contribution in [3.63, 3.8) is 0 Å². The maximum atomic E-state index is 12.8. The van der Waals surface area contributed by atoms with Gasteiger partial charge in [-0.25, -0.2) is 0 Å². The van der Waals surface area contributed by atoms with Gasteiger partial charge in [-0.2, -0.15) is 13.2 Å². The molecule has 0 bridgehead atoms. The van der Waals surface area contributed by atoms with Gasteiger partial charge in [-0.05, 0) is 29.4 Å². The second-order valence-electron chi connectivity index (χ2n) is 4.52. The molecule has 0 nitrogen and oxygen atoms in total. The molecule has 1 aromatic carbocycles. The van der Waals surface area contributed by atoms with Gasteiger partial charge in [-0.3, -0.25) is 0 Å². The Balaban J connectivity index is 2.43. The van der Waals surface area contributed by atoms with E-state index in [-0.39, 0.29) is 5.92 Å². The fourth-order valence-corrected chi connectivity index (χ4v) is 2.69. The largest absolute Gasteiger partial charge is 0.416 e. The van der Waals surface area contributed by atoms with Gasteiger partial charge in [0.25, 0.3) is 0 Å². The van der Waals surface area contributed by atoms with Crippen molar-refractivity contribution in [2.24, 2.45) is 5.92 Å². The van der Waals surface area contributed by atoms with E-state index in [9.17, 15) is 13.2 Å². The van der Waals surface area contributed by atoms with Crippen LogP contribution < -0.4 is 0 Å². The third-order valence-electron chi connectivity index (χ3n) is 3.45. The molecular weight excluding hydrogens is 237 g/mol. The van der Waals surface area contributed by atoms with E-state index >= 15 is 0 Å². The third kappa shape index (κ3) is 1.81. The fourth-order valence-electron chi connectivity index (χ4n) is 2.24. The predicted octanol–water partition coefficient (Wildman–Crippen LogP) is 4.22. The van der Waals surface area contributed by atoms with Gasteiger partial charge in [-0.1, -0.05) is 25.1 Å². The van der Waals surface area contributed by atoms with E-state index in [1.54, 1.807) is 12.1 Å². The summed E-state index contributed by atoms with van der Waals surface area (Å²) in [5, 5.41) is 0. The van der Waals surface area contributed by atoms with Crippen molar-refractivity contribution in [3.8, 4) is 0 Å². The Labute approximate surface area is 97.4 Å². The summed E-state index contributed by atoms with van der Waals surface area (Å²) in [6, 6.07) is 5.78. The Morgan fingerprint density at radius 2 is 2.00 bits per heavy atom. The van der Waals surface area contributed by atoms with Crippen molar-refractivity contribution >= 4 is 11.6 Å². The summed E-state index contributed by atoms with van der Waals surface area (Å²) in [7, 11) is 0. The van der Waals surface area contributed by atoms with Crippen LogP contribution in [0.2, 0.25) is 0 Å².